The molecule has 0 saturated carbocycles. The fourth-order valence-electron chi connectivity index (χ4n) is 2.99. The van der Waals surface area contributed by atoms with Crippen molar-refractivity contribution in [3.05, 3.63) is 107 Å². The molecule has 0 aliphatic heterocycles. The number of imidazole rings is 1. The summed E-state index contributed by atoms with van der Waals surface area (Å²) >= 11 is 0. The molecule has 3 aromatic rings. The van der Waals surface area contributed by atoms with Gasteiger partial charge in [0, 0.05) is 13.0 Å². The van der Waals surface area contributed by atoms with Crippen molar-refractivity contribution in [1.29, 1.82) is 0 Å². The second-order valence-corrected chi connectivity index (χ2v) is 6.36. The van der Waals surface area contributed by atoms with E-state index in [1.165, 1.54) is 9.13 Å². The number of hydrogen-bond acceptors (Lipinski definition) is 4. The first-order valence-corrected chi connectivity index (χ1v) is 9.20. The molecule has 1 N–H and O–H groups in total. The molecule has 148 valence electrons. The highest BCUT2D eigenvalue weighted by atomic mass is 16.6. The van der Waals surface area contributed by atoms with E-state index in [1.54, 1.807) is 42.6 Å². The Morgan fingerprint density at radius 2 is 1.76 bits per heavy atom. The molecule has 0 aliphatic carbocycles. The van der Waals surface area contributed by atoms with Crippen LogP contribution in [0.3, 0.4) is 0 Å². The van der Waals surface area contributed by atoms with Gasteiger partial charge in [-0.3, -0.25) is 4.57 Å². The molecular weight excluding hydrogens is 366 g/mol. The van der Waals surface area contributed by atoms with E-state index in [2.05, 4.69) is 18.3 Å². The van der Waals surface area contributed by atoms with Crippen LogP contribution in [0.2, 0.25) is 0 Å². The number of benzene rings is 2. The number of nitrogens with zero attached hydrogens (tertiary/aromatic N) is 3. The SMILES string of the molecule is C=CCON=Cc1ccc(-n2c(O)c(Cc3ccccc3)n(CC=C)c2=O)cc1. The third-order valence-electron chi connectivity index (χ3n) is 4.36. The van der Waals surface area contributed by atoms with Crippen LogP contribution < -0.4 is 5.69 Å². The van der Waals surface area contributed by atoms with Crippen molar-refractivity contribution in [3.63, 3.8) is 0 Å². The Morgan fingerprint density at radius 3 is 2.41 bits per heavy atom. The summed E-state index contributed by atoms with van der Waals surface area (Å²) in [6.07, 6.45) is 5.26. The highest BCUT2D eigenvalue weighted by molar-refractivity contribution is 5.79. The Labute approximate surface area is 169 Å². The molecular formula is C23H23N3O3. The average molecular weight is 389 g/mol. The monoisotopic (exact) mass is 389 g/mol. The Hall–Kier alpha value is -3.80. The molecule has 1 heterocycles. The van der Waals surface area contributed by atoms with Gasteiger partial charge in [-0.05, 0) is 23.3 Å². The van der Waals surface area contributed by atoms with Gasteiger partial charge in [-0.2, -0.15) is 0 Å². The molecule has 0 fully saturated rings. The first-order chi connectivity index (χ1) is 14.2. The fourth-order valence-corrected chi connectivity index (χ4v) is 2.99. The average Bonchev–Trinajstić information content (AvgIpc) is 2.97. The Balaban J connectivity index is 1.96. The standard InChI is InChI=1S/C23H23N3O3/c1-3-14-25-21(16-18-8-6-5-7-9-18)22(27)26(23(25)28)20-12-10-19(11-13-20)17-24-29-15-4-2/h3-13,17,27H,1-2,14-16H2. The summed E-state index contributed by atoms with van der Waals surface area (Å²) in [6, 6.07) is 16.8. The molecule has 6 heteroatoms. The molecule has 1 aromatic heterocycles. The maximum absolute atomic E-state index is 13.0. The number of allylic oxidation sites excluding steroid dienone is 1. The lowest BCUT2D eigenvalue weighted by Gasteiger charge is -2.06. The van der Waals surface area contributed by atoms with Crippen LogP contribution in [0.25, 0.3) is 5.69 Å². The molecule has 3 rings (SSSR count). The summed E-state index contributed by atoms with van der Waals surface area (Å²) in [7, 11) is 0. The lowest BCUT2D eigenvalue weighted by molar-refractivity contribution is 0.176. The van der Waals surface area contributed by atoms with Crippen molar-refractivity contribution in [2.45, 2.75) is 13.0 Å². The highest BCUT2D eigenvalue weighted by Gasteiger charge is 2.20. The van der Waals surface area contributed by atoms with Crippen LogP contribution in [0, 0.1) is 0 Å². The van der Waals surface area contributed by atoms with Crippen molar-refractivity contribution >= 4 is 6.21 Å². The molecule has 6 nitrogen and oxygen atoms in total. The van der Waals surface area contributed by atoms with Crippen LogP contribution in [0.5, 0.6) is 5.88 Å². The van der Waals surface area contributed by atoms with Crippen molar-refractivity contribution in [2.75, 3.05) is 6.61 Å². The number of oxime groups is 1. The maximum atomic E-state index is 13.0. The Bertz CT molecular complexity index is 1060. The zero-order valence-corrected chi connectivity index (χ0v) is 16.1. The van der Waals surface area contributed by atoms with Gasteiger partial charge >= 0.3 is 5.69 Å². The maximum Gasteiger partial charge on any atom is 0.336 e. The number of aromatic hydroxyl groups is 1. The zero-order valence-electron chi connectivity index (χ0n) is 16.1. The molecule has 0 atom stereocenters. The molecule has 0 unspecified atom stereocenters. The number of rotatable bonds is 9. The number of hydrogen-bond donors (Lipinski definition) is 1. The first-order valence-electron chi connectivity index (χ1n) is 9.20. The van der Waals surface area contributed by atoms with Crippen LogP contribution in [-0.4, -0.2) is 27.1 Å². The van der Waals surface area contributed by atoms with Crippen LogP contribution in [0.1, 0.15) is 16.8 Å². The van der Waals surface area contributed by atoms with Crippen LogP contribution >= 0.6 is 0 Å². The lowest BCUT2D eigenvalue weighted by Crippen LogP contribution is -2.23. The van der Waals surface area contributed by atoms with Crippen LogP contribution in [-0.2, 0) is 17.8 Å². The molecule has 0 saturated heterocycles. The number of aromatic nitrogens is 2. The van der Waals surface area contributed by atoms with E-state index in [1.807, 2.05) is 30.3 Å². The second-order valence-electron chi connectivity index (χ2n) is 6.36. The predicted octanol–water partition coefficient (Wildman–Crippen LogP) is 3.66. The van der Waals surface area contributed by atoms with Gasteiger partial charge in [-0.15, -0.1) is 6.58 Å². The second kappa shape index (κ2) is 9.41. The van der Waals surface area contributed by atoms with Gasteiger partial charge in [-0.1, -0.05) is 66.4 Å². The summed E-state index contributed by atoms with van der Waals surface area (Å²) in [4.78, 5) is 18.0. The summed E-state index contributed by atoms with van der Waals surface area (Å²) in [5.74, 6) is -0.0727. The lowest BCUT2D eigenvalue weighted by atomic mass is 10.1. The van der Waals surface area contributed by atoms with Gasteiger partial charge in [-0.25, -0.2) is 9.36 Å². The zero-order chi connectivity index (χ0) is 20.6. The van der Waals surface area contributed by atoms with Gasteiger partial charge in [0.05, 0.1) is 17.6 Å². The minimum Gasteiger partial charge on any atom is -0.493 e. The van der Waals surface area contributed by atoms with Crippen LogP contribution in [0.4, 0.5) is 0 Å². The van der Waals surface area contributed by atoms with Gasteiger partial charge in [0.2, 0.25) is 5.88 Å². The van der Waals surface area contributed by atoms with Crippen molar-refractivity contribution < 1.29 is 9.94 Å². The van der Waals surface area contributed by atoms with E-state index in [0.29, 0.717) is 31.0 Å². The Kier molecular flexibility index (Phi) is 6.47. The first kappa shape index (κ1) is 19.9. The molecule has 0 radical (unpaired) electrons. The minimum absolute atomic E-state index is 0.0727. The Morgan fingerprint density at radius 1 is 1.03 bits per heavy atom. The molecule has 0 bridgehead atoms. The molecule has 2 aromatic carbocycles. The van der Waals surface area contributed by atoms with E-state index < -0.39 is 0 Å². The largest absolute Gasteiger partial charge is 0.493 e. The van der Waals surface area contributed by atoms with Gasteiger partial charge < -0.3 is 9.94 Å². The van der Waals surface area contributed by atoms with E-state index >= 15 is 0 Å². The van der Waals surface area contributed by atoms with Gasteiger partial charge in [0.25, 0.3) is 0 Å². The fraction of sp³-hybridized carbons (Fsp3) is 0.130. The van der Waals surface area contributed by atoms with E-state index in [9.17, 15) is 9.90 Å². The summed E-state index contributed by atoms with van der Waals surface area (Å²) in [5.41, 5.74) is 2.60. The van der Waals surface area contributed by atoms with E-state index in [4.69, 9.17) is 4.84 Å². The molecule has 0 amide bonds. The topological polar surface area (TPSA) is 68.8 Å². The molecule has 0 spiro atoms. The van der Waals surface area contributed by atoms with E-state index in [0.717, 1.165) is 11.1 Å². The quantitative estimate of drug-likeness (QED) is 0.263. The van der Waals surface area contributed by atoms with Crippen molar-refractivity contribution in [3.8, 4) is 11.6 Å². The third kappa shape index (κ3) is 4.55. The highest BCUT2D eigenvalue weighted by Crippen LogP contribution is 2.23. The van der Waals surface area contributed by atoms with Gasteiger partial charge in [0.1, 0.15) is 6.61 Å². The third-order valence-corrected chi connectivity index (χ3v) is 4.36. The van der Waals surface area contributed by atoms with Crippen molar-refractivity contribution in [2.24, 2.45) is 5.16 Å². The van der Waals surface area contributed by atoms with Gasteiger partial charge in [0.15, 0.2) is 0 Å². The summed E-state index contributed by atoms with van der Waals surface area (Å²) < 4.78 is 2.84. The molecule has 29 heavy (non-hydrogen) atoms. The summed E-state index contributed by atoms with van der Waals surface area (Å²) in [6.45, 7) is 7.92. The van der Waals surface area contributed by atoms with Crippen molar-refractivity contribution in [1.82, 2.24) is 9.13 Å². The van der Waals surface area contributed by atoms with E-state index in [-0.39, 0.29) is 11.6 Å². The molecule has 0 aliphatic rings. The smallest absolute Gasteiger partial charge is 0.336 e. The summed E-state index contributed by atoms with van der Waals surface area (Å²) in [5, 5.41) is 14.7. The predicted molar refractivity (Wildman–Crippen MR) is 115 cm³/mol. The normalized spacial score (nSPS) is 10.9. The van der Waals surface area contributed by atoms with Crippen LogP contribution in [0.15, 0.2) is 89.9 Å². The minimum atomic E-state index is -0.316.